The summed E-state index contributed by atoms with van der Waals surface area (Å²) in [4.78, 5) is 0. The number of hydrogen-bond donors (Lipinski definition) is 2. The maximum absolute atomic E-state index is 10.1. The van der Waals surface area contributed by atoms with Crippen LogP contribution in [-0.2, 0) is 0 Å². The number of hydrogen-bond acceptors (Lipinski definition) is 3. The highest BCUT2D eigenvalue weighted by molar-refractivity contribution is 9.10. The molecule has 19 heavy (non-hydrogen) atoms. The molecular weight excluding hydrogens is 308 g/mol. The van der Waals surface area contributed by atoms with Gasteiger partial charge in [0.15, 0.2) is 0 Å². The number of ether oxygens (including phenoxy) is 1. The van der Waals surface area contributed by atoms with Gasteiger partial charge in [-0.05, 0) is 44.4 Å². The lowest BCUT2D eigenvalue weighted by molar-refractivity contribution is 0.0299. The van der Waals surface area contributed by atoms with E-state index in [1.54, 1.807) is 6.92 Å². The molecular formula is C15H21BrO3. The van der Waals surface area contributed by atoms with Crippen LogP contribution in [0.4, 0.5) is 0 Å². The summed E-state index contributed by atoms with van der Waals surface area (Å²) in [5, 5.41) is 19.9. The van der Waals surface area contributed by atoms with Gasteiger partial charge < -0.3 is 14.9 Å². The largest absolute Gasteiger partial charge is 0.487 e. The highest BCUT2D eigenvalue weighted by Crippen LogP contribution is 2.31. The summed E-state index contributed by atoms with van der Waals surface area (Å²) in [5.74, 6) is 0.671. The summed E-state index contributed by atoms with van der Waals surface area (Å²) in [6.45, 7) is 1.72. The van der Waals surface area contributed by atoms with E-state index in [0.29, 0.717) is 5.75 Å². The van der Waals surface area contributed by atoms with Crippen LogP contribution in [0.15, 0.2) is 22.7 Å². The predicted molar refractivity (Wildman–Crippen MR) is 78.3 cm³/mol. The quantitative estimate of drug-likeness (QED) is 0.834. The molecule has 106 valence electrons. The van der Waals surface area contributed by atoms with Crippen molar-refractivity contribution >= 4 is 15.9 Å². The molecule has 0 amide bonds. The lowest BCUT2D eigenvalue weighted by Gasteiger charge is -2.24. The molecule has 0 radical (unpaired) electrons. The topological polar surface area (TPSA) is 49.7 Å². The Hall–Kier alpha value is -0.580. The molecule has 0 bridgehead atoms. The van der Waals surface area contributed by atoms with Gasteiger partial charge in [0.05, 0.1) is 12.2 Å². The van der Waals surface area contributed by atoms with E-state index in [1.165, 1.54) is 0 Å². The van der Waals surface area contributed by atoms with Crippen molar-refractivity contribution in [2.24, 2.45) is 0 Å². The molecule has 0 saturated heterocycles. The van der Waals surface area contributed by atoms with Gasteiger partial charge in [0.25, 0.3) is 0 Å². The van der Waals surface area contributed by atoms with E-state index in [4.69, 9.17) is 4.74 Å². The molecule has 1 aliphatic rings. The van der Waals surface area contributed by atoms with Crippen LogP contribution in [0.5, 0.6) is 5.75 Å². The Morgan fingerprint density at radius 1 is 1.26 bits per heavy atom. The maximum Gasteiger partial charge on any atom is 0.125 e. The SMILES string of the molecule is CC(O)c1cc(Br)ccc1OC1CCCCCC1O. The summed E-state index contributed by atoms with van der Waals surface area (Å²) in [5.41, 5.74) is 0.755. The van der Waals surface area contributed by atoms with Gasteiger partial charge in [-0.3, -0.25) is 0 Å². The fourth-order valence-corrected chi connectivity index (χ4v) is 2.89. The highest BCUT2D eigenvalue weighted by atomic mass is 79.9. The monoisotopic (exact) mass is 328 g/mol. The summed E-state index contributed by atoms with van der Waals surface area (Å²) in [6, 6.07) is 5.61. The van der Waals surface area contributed by atoms with Gasteiger partial charge in [0.1, 0.15) is 11.9 Å². The van der Waals surface area contributed by atoms with Gasteiger partial charge in [-0.25, -0.2) is 0 Å². The molecule has 1 aromatic carbocycles. The third-order valence-electron chi connectivity index (χ3n) is 3.62. The molecule has 1 aliphatic carbocycles. The fourth-order valence-electron chi connectivity index (χ4n) is 2.51. The highest BCUT2D eigenvalue weighted by Gasteiger charge is 2.24. The van der Waals surface area contributed by atoms with E-state index >= 15 is 0 Å². The first-order chi connectivity index (χ1) is 9.08. The van der Waals surface area contributed by atoms with Crippen LogP contribution in [0.2, 0.25) is 0 Å². The van der Waals surface area contributed by atoms with Crippen molar-refractivity contribution in [1.82, 2.24) is 0 Å². The number of benzene rings is 1. The molecule has 1 fully saturated rings. The first kappa shape index (κ1) is 14.8. The molecule has 1 aromatic rings. The summed E-state index contributed by atoms with van der Waals surface area (Å²) >= 11 is 3.40. The van der Waals surface area contributed by atoms with Crippen molar-refractivity contribution in [2.45, 2.75) is 57.3 Å². The molecule has 3 unspecified atom stereocenters. The van der Waals surface area contributed by atoms with Crippen molar-refractivity contribution in [1.29, 1.82) is 0 Å². The minimum absolute atomic E-state index is 0.166. The fraction of sp³-hybridized carbons (Fsp3) is 0.600. The van der Waals surface area contributed by atoms with Crippen molar-refractivity contribution in [3.05, 3.63) is 28.2 Å². The normalized spacial score (nSPS) is 25.7. The molecule has 4 heteroatoms. The molecule has 1 saturated carbocycles. The van der Waals surface area contributed by atoms with E-state index in [-0.39, 0.29) is 6.10 Å². The van der Waals surface area contributed by atoms with Gasteiger partial charge in [0.2, 0.25) is 0 Å². The average molecular weight is 329 g/mol. The van der Waals surface area contributed by atoms with Crippen molar-refractivity contribution < 1.29 is 14.9 Å². The number of halogens is 1. The molecule has 0 aliphatic heterocycles. The second-order valence-corrected chi connectivity index (χ2v) is 6.14. The second kappa shape index (κ2) is 6.73. The van der Waals surface area contributed by atoms with Gasteiger partial charge in [0, 0.05) is 10.0 Å². The van der Waals surface area contributed by atoms with E-state index in [2.05, 4.69) is 15.9 Å². The summed E-state index contributed by atoms with van der Waals surface area (Å²) in [6.07, 6.45) is 3.80. The van der Waals surface area contributed by atoms with Crippen LogP contribution in [0, 0.1) is 0 Å². The van der Waals surface area contributed by atoms with Crippen LogP contribution >= 0.6 is 15.9 Å². The number of aliphatic hydroxyl groups excluding tert-OH is 2. The zero-order chi connectivity index (χ0) is 13.8. The zero-order valence-electron chi connectivity index (χ0n) is 11.2. The lowest BCUT2D eigenvalue weighted by atomic mass is 10.1. The lowest BCUT2D eigenvalue weighted by Crippen LogP contribution is -2.30. The standard InChI is InChI=1S/C15H21BrO3/c1-10(17)12-9-11(16)7-8-14(12)19-15-6-4-2-3-5-13(15)18/h7-10,13,15,17-18H,2-6H2,1H3. The van der Waals surface area contributed by atoms with Crippen molar-refractivity contribution in [3.63, 3.8) is 0 Å². The van der Waals surface area contributed by atoms with E-state index in [0.717, 1.165) is 42.1 Å². The Morgan fingerprint density at radius 2 is 2.00 bits per heavy atom. The van der Waals surface area contributed by atoms with Crippen LogP contribution < -0.4 is 4.74 Å². The average Bonchev–Trinajstić information content (AvgIpc) is 2.57. The smallest absolute Gasteiger partial charge is 0.125 e. The minimum atomic E-state index is -0.588. The van der Waals surface area contributed by atoms with Gasteiger partial charge in [-0.2, -0.15) is 0 Å². The third-order valence-corrected chi connectivity index (χ3v) is 4.11. The molecule has 3 atom stereocenters. The predicted octanol–water partition coefficient (Wildman–Crippen LogP) is 3.57. The Bertz CT molecular complexity index is 420. The van der Waals surface area contributed by atoms with Crippen LogP contribution in [-0.4, -0.2) is 22.4 Å². The molecule has 2 rings (SSSR count). The second-order valence-electron chi connectivity index (χ2n) is 5.22. The Morgan fingerprint density at radius 3 is 2.74 bits per heavy atom. The van der Waals surface area contributed by atoms with Gasteiger partial charge in [-0.1, -0.05) is 28.8 Å². The van der Waals surface area contributed by atoms with Crippen LogP contribution in [0.1, 0.15) is 50.7 Å². The number of rotatable bonds is 3. The first-order valence-electron chi connectivity index (χ1n) is 6.90. The Balaban J connectivity index is 2.17. The Labute approximate surface area is 122 Å². The minimum Gasteiger partial charge on any atom is -0.487 e. The molecule has 0 spiro atoms. The Kier molecular flexibility index (Phi) is 5.25. The van der Waals surface area contributed by atoms with Gasteiger partial charge >= 0.3 is 0 Å². The number of aliphatic hydroxyl groups is 2. The van der Waals surface area contributed by atoms with Crippen LogP contribution in [0.25, 0.3) is 0 Å². The first-order valence-corrected chi connectivity index (χ1v) is 7.69. The van der Waals surface area contributed by atoms with Gasteiger partial charge in [-0.15, -0.1) is 0 Å². The summed E-state index contributed by atoms with van der Waals surface area (Å²) < 4.78 is 6.88. The van der Waals surface area contributed by atoms with Crippen molar-refractivity contribution in [3.8, 4) is 5.75 Å². The maximum atomic E-state index is 10.1. The van der Waals surface area contributed by atoms with Crippen molar-refractivity contribution in [2.75, 3.05) is 0 Å². The third kappa shape index (κ3) is 3.94. The summed E-state index contributed by atoms with van der Waals surface area (Å²) in [7, 11) is 0. The molecule has 2 N–H and O–H groups in total. The molecule has 0 aromatic heterocycles. The zero-order valence-corrected chi connectivity index (χ0v) is 12.8. The van der Waals surface area contributed by atoms with E-state index in [9.17, 15) is 10.2 Å². The molecule has 0 heterocycles. The van der Waals surface area contributed by atoms with E-state index in [1.807, 2.05) is 18.2 Å². The van der Waals surface area contributed by atoms with Crippen LogP contribution in [0.3, 0.4) is 0 Å². The molecule has 3 nitrogen and oxygen atoms in total. The van der Waals surface area contributed by atoms with E-state index < -0.39 is 12.2 Å².